The highest BCUT2D eigenvalue weighted by Crippen LogP contribution is 2.82. The van der Waals surface area contributed by atoms with E-state index >= 15 is 0 Å². The molecule has 1 aliphatic rings. The molecule has 1 aromatic rings. The van der Waals surface area contributed by atoms with E-state index in [0.29, 0.717) is 16.2 Å². The lowest BCUT2D eigenvalue weighted by Crippen LogP contribution is -2.15. The van der Waals surface area contributed by atoms with Gasteiger partial charge in [-0.3, -0.25) is 0 Å². The van der Waals surface area contributed by atoms with Crippen molar-refractivity contribution in [1.82, 2.24) is 0 Å². The summed E-state index contributed by atoms with van der Waals surface area (Å²) in [6.07, 6.45) is 2.99. The Morgan fingerprint density at radius 3 is 2.47 bits per heavy atom. The van der Waals surface area contributed by atoms with Gasteiger partial charge in [-0.2, -0.15) is 13.2 Å². The van der Waals surface area contributed by atoms with E-state index in [2.05, 4.69) is 0 Å². The third-order valence-electron chi connectivity index (χ3n) is 2.72. The van der Waals surface area contributed by atoms with E-state index < -0.39 is 12.7 Å². The topological polar surface area (TPSA) is 0 Å². The van der Waals surface area contributed by atoms with Gasteiger partial charge in [0, 0.05) is 4.90 Å². The summed E-state index contributed by atoms with van der Waals surface area (Å²) in [7, 11) is -2.85. The lowest BCUT2D eigenvalue weighted by atomic mass is 10.2. The van der Waals surface area contributed by atoms with Gasteiger partial charge in [-0.25, -0.2) is 0 Å². The van der Waals surface area contributed by atoms with E-state index in [-0.39, 0.29) is 0 Å². The zero-order valence-electron chi connectivity index (χ0n) is 9.22. The Labute approximate surface area is 112 Å². The van der Waals surface area contributed by atoms with Crippen LogP contribution in [0.1, 0.15) is 25.3 Å². The standard InChI is InChI=1S/C12H12F3IS/c1-2-5-10-8-9-6-3-4-7-11(9)17(10,16)12(13,14)15/h3-4,6-8H,2,5H2,1H3. The minimum absolute atomic E-state index is 0.455. The zero-order chi connectivity index (χ0) is 12.7. The van der Waals surface area contributed by atoms with E-state index in [4.69, 9.17) is 0 Å². The van der Waals surface area contributed by atoms with Crippen molar-refractivity contribution in [3.8, 4) is 0 Å². The minimum atomic E-state index is -4.17. The first-order chi connectivity index (χ1) is 7.91. The Hall–Kier alpha value is -0.170. The minimum Gasteiger partial charge on any atom is -0.160 e. The molecule has 94 valence electrons. The average Bonchev–Trinajstić information content (AvgIpc) is 2.54. The average molecular weight is 372 g/mol. The van der Waals surface area contributed by atoms with Crippen molar-refractivity contribution in [1.29, 1.82) is 0 Å². The molecule has 0 saturated carbocycles. The molecule has 1 unspecified atom stereocenters. The van der Waals surface area contributed by atoms with Crippen molar-refractivity contribution < 1.29 is 13.2 Å². The molecular weight excluding hydrogens is 360 g/mol. The predicted octanol–water partition coefficient (Wildman–Crippen LogP) is 5.87. The number of allylic oxidation sites excluding steroid dienone is 1. The van der Waals surface area contributed by atoms with Gasteiger partial charge in [0.15, 0.2) is 0 Å². The van der Waals surface area contributed by atoms with Crippen molar-refractivity contribution in [2.45, 2.75) is 30.2 Å². The maximum atomic E-state index is 13.4. The molecule has 0 radical (unpaired) electrons. The Bertz CT molecular complexity index is 467. The van der Waals surface area contributed by atoms with Crippen LogP contribution in [0.5, 0.6) is 0 Å². The summed E-state index contributed by atoms with van der Waals surface area (Å²) in [6, 6.07) is 6.86. The lowest BCUT2D eigenvalue weighted by molar-refractivity contribution is -0.0353. The van der Waals surface area contributed by atoms with Crippen LogP contribution in [0, 0.1) is 0 Å². The van der Waals surface area contributed by atoms with Crippen molar-refractivity contribution in [3.63, 3.8) is 0 Å². The Morgan fingerprint density at radius 2 is 1.88 bits per heavy atom. The van der Waals surface area contributed by atoms with Crippen LogP contribution in [0.4, 0.5) is 13.2 Å². The van der Waals surface area contributed by atoms with Gasteiger partial charge in [0.05, 0.1) is 0 Å². The van der Waals surface area contributed by atoms with Crippen LogP contribution in [-0.2, 0) is 0 Å². The van der Waals surface area contributed by atoms with Gasteiger partial charge in [0.25, 0.3) is 0 Å². The van der Waals surface area contributed by atoms with Crippen LogP contribution in [0.2, 0.25) is 0 Å². The second-order valence-electron chi connectivity index (χ2n) is 3.88. The van der Waals surface area contributed by atoms with Crippen molar-refractivity contribution in [3.05, 3.63) is 34.7 Å². The number of halogens is 4. The van der Waals surface area contributed by atoms with Crippen molar-refractivity contribution in [2.75, 3.05) is 0 Å². The molecule has 1 aromatic carbocycles. The third kappa shape index (κ3) is 2.01. The van der Waals surface area contributed by atoms with Crippen LogP contribution in [0.3, 0.4) is 0 Å². The SMILES string of the molecule is CCCC1=Cc2ccccc2S1(I)C(F)(F)F. The van der Waals surface area contributed by atoms with Gasteiger partial charge in [-0.05, 0) is 57.4 Å². The molecule has 0 aliphatic carbocycles. The lowest BCUT2D eigenvalue weighted by Gasteiger charge is -2.35. The summed E-state index contributed by atoms with van der Waals surface area (Å²) in [4.78, 5) is 1.01. The van der Waals surface area contributed by atoms with Crippen LogP contribution in [-0.4, -0.2) is 5.51 Å². The largest absolute Gasteiger partial charge is 0.441 e. The van der Waals surface area contributed by atoms with Gasteiger partial charge in [-0.15, -0.1) is 0 Å². The molecule has 17 heavy (non-hydrogen) atoms. The number of fused-ring (bicyclic) bond motifs is 1. The Balaban J connectivity index is 2.59. The summed E-state index contributed by atoms with van der Waals surface area (Å²) >= 11 is 1.64. The first-order valence-corrected chi connectivity index (χ1v) is 9.47. The zero-order valence-corrected chi connectivity index (χ0v) is 12.2. The Morgan fingerprint density at radius 1 is 1.24 bits per heavy atom. The van der Waals surface area contributed by atoms with Crippen molar-refractivity contribution in [2.24, 2.45) is 0 Å². The maximum Gasteiger partial charge on any atom is 0.441 e. The molecule has 0 amide bonds. The molecule has 1 aliphatic heterocycles. The number of alkyl halides is 3. The first-order valence-electron chi connectivity index (χ1n) is 5.30. The van der Waals surface area contributed by atoms with Gasteiger partial charge in [0.1, 0.15) is 0 Å². The summed E-state index contributed by atoms with van der Waals surface area (Å²) < 4.78 is 40.2. The molecule has 0 fully saturated rings. The van der Waals surface area contributed by atoms with Gasteiger partial charge < -0.3 is 0 Å². The molecule has 5 heteroatoms. The Kier molecular flexibility index (Phi) is 3.51. The summed E-state index contributed by atoms with van der Waals surface area (Å²) in [5, 5.41) is 0. The van der Waals surface area contributed by atoms with Gasteiger partial charge in [-0.1, -0.05) is 31.5 Å². The normalized spacial score (nSPS) is 27.2. The fourth-order valence-corrected chi connectivity index (χ4v) is 6.55. The van der Waals surface area contributed by atoms with Gasteiger partial charge in [0.2, 0.25) is 0 Å². The second-order valence-corrected chi connectivity index (χ2v) is 10.3. The molecule has 0 saturated heterocycles. The number of benzene rings is 1. The number of hydrogen-bond acceptors (Lipinski definition) is 0. The van der Waals surface area contributed by atoms with E-state index in [9.17, 15) is 13.2 Å². The van der Waals surface area contributed by atoms with E-state index in [1.165, 1.54) is 0 Å². The van der Waals surface area contributed by atoms with Crippen LogP contribution in [0.15, 0.2) is 34.1 Å². The molecule has 1 atom stereocenters. The molecule has 0 aromatic heterocycles. The molecule has 0 spiro atoms. The number of hydrogen-bond donors (Lipinski definition) is 0. The highest BCUT2D eigenvalue weighted by atomic mass is 127. The van der Waals surface area contributed by atoms with E-state index in [1.807, 2.05) is 6.92 Å². The summed E-state index contributed by atoms with van der Waals surface area (Å²) in [5.74, 6) is 0. The van der Waals surface area contributed by atoms with E-state index in [0.717, 1.165) is 12.0 Å². The summed E-state index contributed by atoms with van der Waals surface area (Å²) in [6.45, 7) is 1.91. The molecular formula is C12H12F3IS. The third-order valence-corrected chi connectivity index (χ3v) is 9.99. The second kappa shape index (κ2) is 4.50. The van der Waals surface area contributed by atoms with E-state index in [1.54, 1.807) is 51.5 Å². The van der Waals surface area contributed by atoms with Crippen molar-refractivity contribution >= 4 is 34.5 Å². The predicted molar refractivity (Wildman–Crippen MR) is 75.3 cm³/mol. The maximum absolute atomic E-state index is 13.4. The smallest absolute Gasteiger partial charge is 0.160 e. The molecule has 0 bridgehead atoms. The fraction of sp³-hybridized carbons (Fsp3) is 0.333. The highest BCUT2D eigenvalue weighted by molar-refractivity contribution is 14.2. The highest BCUT2D eigenvalue weighted by Gasteiger charge is 2.54. The molecule has 0 N–H and O–H groups in total. The number of rotatable bonds is 2. The molecule has 2 rings (SSSR count). The van der Waals surface area contributed by atoms with Crippen LogP contribution < -0.4 is 0 Å². The monoisotopic (exact) mass is 372 g/mol. The van der Waals surface area contributed by atoms with Crippen LogP contribution >= 0.6 is 28.4 Å². The van der Waals surface area contributed by atoms with Gasteiger partial charge >= 0.3 is 5.51 Å². The molecule has 1 heterocycles. The first kappa shape index (κ1) is 13.3. The van der Waals surface area contributed by atoms with Crippen LogP contribution in [0.25, 0.3) is 6.08 Å². The fourth-order valence-electron chi connectivity index (χ4n) is 1.98. The summed E-state index contributed by atoms with van der Waals surface area (Å²) in [5.41, 5.74) is -3.43. The quantitative estimate of drug-likeness (QED) is 0.570. The molecule has 0 nitrogen and oxygen atoms in total.